The minimum absolute atomic E-state index is 0.850. The van der Waals surface area contributed by atoms with Gasteiger partial charge in [-0.3, -0.25) is 4.99 Å². The van der Waals surface area contributed by atoms with Gasteiger partial charge in [-0.25, -0.2) is 0 Å². The quantitative estimate of drug-likeness (QED) is 0.403. The second-order valence-corrected chi connectivity index (χ2v) is 1.77. The van der Waals surface area contributed by atoms with Crippen LogP contribution in [0.2, 0.25) is 0 Å². The molecule has 0 aromatic heterocycles. The second kappa shape index (κ2) is 5.29. The van der Waals surface area contributed by atoms with Gasteiger partial charge >= 0.3 is 0 Å². The molecule has 0 bridgehead atoms. The third-order valence-corrected chi connectivity index (χ3v) is 0.858. The third-order valence-electron chi connectivity index (χ3n) is 0.858. The van der Waals surface area contributed by atoms with E-state index in [-0.39, 0.29) is 0 Å². The zero-order valence-corrected chi connectivity index (χ0v) is 6.09. The number of allylic oxidation sites excluding steroid dienone is 3. The highest BCUT2D eigenvalue weighted by molar-refractivity contribution is 5.77. The standard InChI is InChI=1S/C8H13N/c1-4-6-8(3)7-9-5-2/h4,6-7H,1,5H2,2-3H3/b8-6-,9-7?. The predicted octanol–water partition coefficient (Wildman–Crippen LogP) is 2.21. The maximum Gasteiger partial charge on any atom is 0.0361 e. The first kappa shape index (κ1) is 8.15. The van der Waals surface area contributed by atoms with Crippen LogP contribution in [0.3, 0.4) is 0 Å². The van der Waals surface area contributed by atoms with Gasteiger partial charge in [0.25, 0.3) is 0 Å². The molecule has 0 saturated carbocycles. The summed E-state index contributed by atoms with van der Waals surface area (Å²) in [6, 6.07) is 0. The Kier molecular flexibility index (Phi) is 4.79. The van der Waals surface area contributed by atoms with Crippen molar-refractivity contribution in [3.05, 3.63) is 24.3 Å². The van der Waals surface area contributed by atoms with Crippen LogP contribution >= 0.6 is 0 Å². The lowest BCUT2D eigenvalue weighted by atomic mass is 10.3. The van der Waals surface area contributed by atoms with E-state index in [2.05, 4.69) is 11.6 Å². The van der Waals surface area contributed by atoms with Gasteiger partial charge in [-0.1, -0.05) is 18.7 Å². The Morgan fingerprint density at radius 2 is 2.33 bits per heavy atom. The van der Waals surface area contributed by atoms with Crippen molar-refractivity contribution in [2.75, 3.05) is 6.54 Å². The van der Waals surface area contributed by atoms with Crippen LogP contribution < -0.4 is 0 Å². The van der Waals surface area contributed by atoms with Crippen LogP contribution in [0.1, 0.15) is 13.8 Å². The smallest absolute Gasteiger partial charge is 0.0361 e. The average Bonchev–Trinajstić information content (AvgIpc) is 1.85. The summed E-state index contributed by atoms with van der Waals surface area (Å²) in [6.45, 7) is 8.43. The predicted molar refractivity (Wildman–Crippen MR) is 43.0 cm³/mol. The van der Waals surface area contributed by atoms with Gasteiger partial charge < -0.3 is 0 Å². The normalized spacial score (nSPS) is 12.4. The number of aliphatic imine (C=N–C) groups is 1. The van der Waals surface area contributed by atoms with Crippen molar-refractivity contribution in [1.29, 1.82) is 0 Å². The highest BCUT2D eigenvalue weighted by Crippen LogP contribution is 1.86. The third kappa shape index (κ3) is 5.01. The molecule has 0 spiro atoms. The maximum atomic E-state index is 4.05. The van der Waals surface area contributed by atoms with Gasteiger partial charge in [-0.05, 0) is 19.4 Å². The zero-order valence-electron chi connectivity index (χ0n) is 6.09. The molecule has 1 heteroatoms. The Balaban J connectivity index is 3.74. The number of hydrogen-bond acceptors (Lipinski definition) is 1. The molecule has 0 unspecified atom stereocenters. The summed E-state index contributed by atoms with van der Waals surface area (Å²) in [5.74, 6) is 0. The average molecular weight is 123 g/mol. The zero-order chi connectivity index (χ0) is 7.11. The largest absolute Gasteiger partial charge is 0.293 e. The molecule has 0 aromatic carbocycles. The van der Waals surface area contributed by atoms with Crippen molar-refractivity contribution in [3.8, 4) is 0 Å². The van der Waals surface area contributed by atoms with E-state index in [4.69, 9.17) is 0 Å². The van der Waals surface area contributed by atoms with Crippen LogP contribution in [0.4, 0.5) is 0 Å². The molecule has 0 aliphatic heterocycles. The summed E-state index contributed by atoms with van der Waals surface area (Å²) in [6.07, 6.45) is 5.54. The molecule has 0 N–H and O–H groups in total. The van der Waals surface area contributed by atoms with Crippen molar-refractivity contribution < 1.29 is 0 Å². The lowest BCUT2D eigenvalue weighted by Gasteiger charge is -1.84. The van der Waals surface area contributed by atoms with Gasteiger partial charge in [-0.2, -0.15) is 0 Å². The van der Waals surface area contributed by atoms with Crippen molar-refractivity contribution in [3.63, 3.8) is 0 Å². The summed E-state index contributed by atoms with van der Waals surface area (Å²) >= 11 is 0. The van der Waals surface area contributed by atoms with E-state index in [0.29, 0.717) is 0 Å². The van der Waals surface area contributed by atoms with Crippen LogP contribution in [0.25, 0.3) is 0 Å². The number of nitrogens with zero attached hydrogens (tertiary/aromatic N) is 1. The lowest BCUT2D eigenvalue weighted by molar-refractivity contribution is 1.14. The number of hydrogen-bond donors (Lipinski definition) is 0. The molecule has 0 aliphatic carbocycles. The van der Waals surface area contributed by atoms with Gasteiger partial charge in [0.1, 0.15) is 0 Å². The van der Waals surface area contributed by atoms with E-state index in [0.717, 1.165) is 12.1 Å². The molecule has 0 amide bonds. The van der Waals surface area contributed by atoms with E-state index in [9.17, 15) is 0 Å². The fourth-order valence-corrected chi connectivity index (χ4v) is 0.464. The topological polar surface area (TPSA) is 12.4 Å². The summed E-state index contributed by atoms with van der Waals surface area (Å²) in [7, 11) is 0. The molecule has 50 valence electrons. The Labute approximate surface area is 56.8 Å². The first-order valence-electron chi connectivity index (χ1n) is 3.10. The van der Waals surface area contributed by atoms with Crippen molar-refractivity contribution >= 4 is 6.21 Å². The van der Waals surface area contributed by atoms with Crippen LogP contribution in [-0.4, -0.2) is 12.8 Å². The monoisotopic (exact) mass is 123 g/mol. The first-order valence-corrected chi connectivity index (χ1v) is 3.10. The Morgan fingerprint density at radius 3 is 2.78 bits per heavy atom. The molecule has 0 rings (SSSR count). The molecule has 0 fully saturated rings. The van der Waals surface area contributed by atoms with Gasteiger partial charge in [0.2, 0.25) is 0 Å². The molecule has 1 nitrogen and oxygen atoms in total. The maximum absolute atomic E-state index is 4.05. The summed E-state index contributed by atoms with van der Waals surface area (Å²) in [4.78, 5) is 4.05. The summed E-state index contributed by atoms with van der Waals surface area (Å²) in [5.41, 5.74) is 1.15. The van der Waals surface area contributed by atoms with Crippen molar-refractivity contribution in [2.45, 2.75) is 13.8 Å². The van der Waals surface area contributed by atoms with E-state index in [1.807, 2.05) is 26.1 Å². The Morgan fingerprint density at radius 1 is 1.67 bits per heavy atom. The minimum Gasteiger partial charge on any atom is -0.293 e. The molecule has 0 saturated heterocycles. The SMILES string of the molecule is C=C/C=C(/C)C=NCC. The molecule has 0 aromatic rings. The van der Waals surface area contributed by atoms with Crippen molar-refractivity contribution in [1.82, 2.24) is 0 Å². The molecule has 0 atom stereocenters. The fourth-order valence-electron chi connectivity index (χ4n) is 0.464. The van der Waals surface area contributed by atoms with Crippen LogP contribution in [-0.2, 0) is 0 Å². The number of rotatable bonds is 3. The molecular weight excluding hydrogens is 110 g/mol. The first-order chi connectivity index (χ1) is 4.31. The van der Waals surface area contributed by atoms with Crippen LogP contribution in [0, 0.1) is 0 Å². The second-order valence-electron chi connectivity index (χ2n) is 1.77. The lowest BCUT2D eigenvalue weighted by Crippen LogP contribution is -1.77. The highest BCUT2D eigenvalue weighted by atomic mass is 14.7. The van der Waals surface area contributed by atoms with Gasteiger partial charge in [-0.15, -0.1) is 0 Å². The van der Waals surface area contributed by atoms with Crippen LogP contribution in [0.15, 0.2) is 29.3 Å². The fraction of sp³-hybridized carbons (Fsp3) is 0.375. The molecule has 0 aliphatic rings. The van der Waals surface area contributed by atoms with E-state index < -0.39 is 0 Å². The van der Waals surface area contributed by atoms with E-state index in [1.165, 1.54) is 0 Å². The van der Waals surface area contributed by atoms with Gasteiger partial charge in [0.15, 0.2) is 0 Å². The summed E-state index contributed by atoms with van der Waals surface area (Å²) in [5, 5.41) is 0. The summed E-state index contributed by atoms with van der Waals surface area (Å²) < 4.78 is 0. The molecule has 0 radical (unpaired) electrons. The minimum atomic E-state index is 0.850. The van der Waals surface area contributed by atoms with Gasteiger partial charge in [0.05, 0.1) is 0 Å². The Bertz CT molecular complexity index is 132. The molecular formula is C8H13N. The van der Waals surface area contributed by atoms with E-state index in [1.54, 1.807) is 6.08 Å². The van der Waals surface area contributed by atoms with Crippen LogP contribution in [0.5, 0.6) is 0 Å². The Hall–Kier alpha value is -0.850. The molecule has 9 heavy (non-hydrogen) atoms. The highest BCUT2D eigenvalue weighted by Gasteiger charge is 1.75. The van der Waals surface area contributed by atoms with Gasteiger partial charge in [0, 0.05) is 12.8 Å². The van der Waals surface area contributed by atoms with E-state index >= 15 is 0 Å². The van der Waals surface area contributed by atoms with Crippen molar-refractivity contribution in [2.24, 2.45) is 4.99 Å². The molecule has 0 heterocycles.